The van der Waals surface area contributed by atoms with Crippen molar-refractivity contribution >= 4 is 25.9 Å². The van der Waals surface area contributed by atoms with Gasteiger partial charge in [0.2, 0.25) is 10.0 Å². The Morgan fingerprint density at radius 3 is 2.46 bits per heavy atom. The summed E-state index contributed by atoms with van der Waals surface area (Å²) in [6, 6.07) is 6.64. The van der Waals surface area contributed by atoms with Crippen LogP contribution in [0.3, 0.4) is 0 Å². The van der Waals surface area contributed by atoms with Crippen molar-refractivity contribution in [1.29, 1.82) is 0 Å². The average molecular weight is 428 g/mol. The molecular weight excluding hydrogens is 406 g/mol. The third kappa shape index (κ3) is 4.27. The van der Waals surface area contributed by atoms with Gasteiger partial charge in [-0.2, -0.15) is 4.31 Å². The minimum absolute atomic E-state index is 0.0243. The second kappa shape index (κ2) is 8.03. The van der Waals surface area contributed by atoms with Gasteiger partial charge in [-0.15, -0.1) is 0 Å². The van der Waals surface area contributed by atoms with Crippen molar-refractivity contribution in [1.82, 2.24) is 9.29 Å². The van der Waals surface area contributed by atoms with Gasteiger partial charge in [0, 0.05) is 31.4 Å². The van der Waals surface area contributed by atoms with Gasteiger partial charge in [0.05, 0.1) is 23.5 Å². The Balaban J connectivity index is 1.91. The maximum absolute atomic E-state index is 12.7. The van der Waals surface area contributed by atoms with Gasteiger partial charge in [0.25, 0.3) is 10.0 Å². The van der Waals surface area contributed by atoms with Crippen LogP contribution in [0.4, 0.5) is 5.82 Å². The lowest BCUT2D eigenvalue weighted by atomic mass is 10.2. The molecule has 2 aromatic rings. The molecular formula is C17H21N3O6S2. The van der Waals surface area contributed by atoms with Crippen molar-refractivity contribution in [2.75, 3.05) is 24.9 Å². The van der Waals surface area contributed by atoms with E-state index in [1.54, 1.807) is 0 Å². The monoisotopic (exact) mass is 427 g/mol. The summed E-state index contributed by atoms with van der Waals surface area (Å²) in [7, 11) is -6.39. The first-order valence-electron chi connectivity index (χ1n) is 8.54. The van der Waals surface area contributed by atoms with Crippen LogP contribution in [0.25, 0.3) is 0 Å². The Bertz CT molecular complexity index is 1040. The fourth-order valence-corrected chi connectivity index (χ4v) is 5.51. The number of benzene rings is 1. The maximum Gasteiger partial charge on any atom is 0.263 e. The van der Waals surface area contributed by atoms with Crippen LogP contribution in [0, 0.1) is 0 Å². The molecule has 1 aliphatic heterocycles. The molecule has 0 aliphatic carbocycles. The summed E-state index contributed by atoms with van der Waals surface area (Å²) in [5, 5.41) is 9.31. The molecule has 9 nitrogen and oxygen atoms in total. The van der Waals surface area contributed by atoms with Crippen LogP contribution < -0.4 is 9.46 Å². The Morgan fingerprint density at radius 2 is 1.82 bits per heavy atom. The number of aliphatic hydroxyl groups is 1. The molecule has 1 saturated heterocycles. The third-order valence-electron chi connectivity index (χ3n) is 4.34. The Labute approximate surface area is 164 Å². The highest BCUT2D eigenvalue weighted by molar-refractivity contribution is 7.92. The number of aliphatic hydroxyl groups excluding tert-OH is 1. The van der Waals surface area contributed by atoms with Gasteiger partial charge in [-0.1, -0.05) is 0 Å². The molecule has 1 aromatic heterocycles. The van der Waals surface area contributed by atoms with Gasteiger partial charge in [-0.3, -0.25) is 4.72 Å². The van der Waals surface area contributed by atoms with Crippen LogP contribution in [0.5, 0.6) is 5.75 Å². The Kier molecular flexibility index (Phi) is 5.89. The fourth-order valence-electron chi connectivity index (χ4n) is 2.90. The molecule has 2 N–H and O–H groups in total. The van der Waals surface area contributed by atoms with Crippen molar-refractivity contribution in [3.05, 3.63) is 42.1 Å². The summed E-state index contributed by atoms with van der Waals surface area (Å²) in [6.07, 6.45) is 2.84. The van der Waals surface area contributed by atoms with E-state index >= 15 is 0 Å². The molecule has 0 spiro atoms. The SMILES string of the molecule is COc1cc(CO)cc(S(=O)(=O)Nc2cc(S(=O)(=O)N3CCCC3)ccn2)c1. The third-order valence-corrected chi connectivity index (χ3v) is 7.57. The minimum Gasteiger partial charge on any atom is -0.497 e. The van der Waals surface area contributed by atoms with Crippen LogP contribution in [0.15, 0.2) is 46.3 Å². The van der Waals surface area contributed by atoms with Crippen molar-refractivity contribution in [3.63, 3.8) is 0 Å². The Morgan fingerprint density at radius 1 is 1.11 bits per heavy atom. The van der Waals surface area contributed by atoms with Gasteiger partial charge in [-0.25, -0.2) is 21.8 Å². The summed E-state index contributed by atoms with van der Waals surface area (Å²) in [4.78, 5) is 3.76. The molecule has 0 unspecified atom stereocenters. The van der Waals surface area contributed by atoms with E-state index in [0.29, 0.717) is 18.7 Å². The van der Waals surface area contributed by atoms with E-state index in [-0.39, 0.29) is 28.0 Å². The van der Waals surface area contributed by atoms with Crippen LogP contribution in [0.2, 0.25) is 0 Å². The average Bonchev–Trinajstić information content (AvgIpc) is 3.23. The number of nitrogens with one attached hydrogen (secondary N) is 1. The minimum atomic E-state index is -4.07. The first-order valence-corrected chi connectivity index (χ1v) is 11.5. The van der Waals surface area contributed by atoms with Crippen LogP contribution >= 0.6 is 0 Å². The molecule has 0 atom stereocenters. The highest BCUT2D eigenvalue weighted by Crippen LogP contribution is 2.25. The first kappa shape index (κ1) is 20.5. The molecule has 3 rings (SSSR count). The van der Waals surface area contributed by atoms with E-state index < -0.39 is 20.0 Å². The molecule has 0 amide bonds. The molecule has 2 heterocycles. The van der Waals surface area contributed by atoms with Gasteiger partial charge >= 0.3 is 0 Å². The number of sulfonamides is 2. The lowest BCUT2D eigenvalue weighted by molar-refractivity contribution is 0.280. The number of anilines is 1. The number of nitrogens with zero attached hydrogens (tertiary/aromatic N) is 2. The van der Waals surface area contributed by atoms with Gasteiger partial charge in [0.15, 0.2) is 0 Å². The number of rotatable bonds is 7. The summed E-state index contributed by atoms with van der Waals surface area (Å²) in [5.74, 6) is 0.152. The van der Waals surface area contributed by atoms with Gasteiger partial charge in [0.1, 0.15) is 11.6 Å². The van der Waals surface area contributed by atoms with Crippen LogP contribution in [-0.2, 0) is 26.7 Å². The summed E-state index contributed by atoms with van der Waals surface area (Å²) < 4.78 is 59.5. The van der Waals surface area contributed by atoms with E-state index in [1.807, 2.05) is 0 Å². The van der Waals surface area contributed by atoms with E-state index in [4.69, 9.17) is 4.74 Å². The highest BCUT2D eigenvalue weighted by Gasteiger charge is 2.28. The van der Waals surface area contributed by atoms with E-state index in [2.05, 4.69) is 9.71 Å². The van der Waals surface area contributed by atoms with Gasteiger partial charge < -0.3 is 9.84 Å². The largest absolute Gasteiger partial charge is 0.497 e. The second-order valence-electron chi connectivity index (χ2n) is 6.27. The summed E-state index contributed by atoms with van der Waals surface area (Å²) in [6.45, 7) is 0.528. The smallest absolute Gasteiger partial charge is 0.263 e. The predicted octanol–water partition coefficient (Wildman–Crippen LogP) is 1.17. The highest BCUT2D eigenvalue weighted by atomic mass is 32.2. The molecule has 0 radical (unpaired) electrons. The number of hydrogen-bond donors (Lipinski definition) is 2. The molecule has 28 heavy (non-hydrogen) atoms. The lowest BCUT2D eigenvalue weighted by Crippen LogP contribution is -2.28. The number of ether oxygens (including phenoxy) is 1. The molecule has 152 valence electrons. The summed E-state index contributed by atoms with van der Waals surface area (Å²) >= 11 is 0. The zero-order valence-corrected chi connectivity index (χ0v) is 16.8. The molecule has 1 fully saturated rings. The molecule has 1 aromatic carbocycles. The standard InChI is InChI=1S/C17H21N3O6S2/c1-26-14-8-13(12-21)9-16(10-14)27(22,23)19-17-11-15(4-5-18-17)28(24,25)20-6-2-3-7-20/h4-5,8-11,21H,2-3,6-7,12H2,1H3,(H,18,19). The molecule has 0 bridgehead atoms. The van der Waals surface area contributed by atoms with Crippen LogP contribution in [-0.4, -0.2) is 51.4 Å². The van der Waals surface area contributed by atoms with E-state index in [0.717, 1.165) is 12.8 Å². The van der Waals surface area contributed by atoms with Crippen molar-refractivity contribution < 1.29 is 26.7 Å². The van der Waals surface area contributed by atoms with Crippen LogP contribution in [0.1, 0.15) is 18.4 Å². The van der Waals surface area contributed by atoms with E-state index in [1.165, 1.54) is 47.9 Å². The Hall–Kier alpha value is -2.21. The zero-order valence-electron chi connectivity index (χ0n) is 15.2. The maximum atomic E-state index is 12.7. The number of hydrogen-bond acceptors (Lipinski definition) is 7. The molecule has 11 heteroatoms. The topological polar surface area (TPSA) is 126 Å². The second-order valence-corrected chi connectivity index (χ2v) is 9.89. The fraction of sp³-hybridized carbons (Fsp3) is 0.353. The normalized spacial score (nSPS) is 15.5. The molecule has 0 saturated carbocycles. The number of aromatic nitrogens is 1. The molecule has 1 aliphatic rings. The van der Waals surface area contributed by atoms with E-state index in [9.17, 15) is 21.9 Å². The quantitative estimate of drug-likeness (QED) is 0.679. The van der Waals surface area contributed by atoms with Crippen molar-refractivity contribution in [3.8, 4) is 5.75 Å². The van der Waals surface area contributed by atoms with Gasteiger partial charge in [-0.05, 0) is 36.6 Å². The number of pyridine rings is 1. The zero-order chi connectivity index (χ0) is 20.4. The summed E-state index contributed by atoms with van der Waals surface area (Å²) in [5.41, 5.74) is 0.359. The van der Waals surface area contributed by atoms with Crippen molar-refractivity contribution in [2.45, 2.75) is 29.2 Å². The first-order chi connectivity index (χ1) is 13.3. The van der Waals surface area contributed by atoms with Crippen molar-refractivity contribution in [2.24, 2.45) is 0 Å². The number of methoxy groups -OCH3 is 1. The predicted molar refractivity (Wildman–Crippen MR) is 102 cm³/mol. The lowest BCUT2D eigenvalue weighted by Gasteiger charge is -2.16.